The molecule has 0 fully saturated rings. The normalized spacial score (nSPS) is 13.3. The lowest BCUT2D eigenvalue weighted by molar-refractivity contribution is 0.563. The zero-order valence-electron chi connectivity index (χ0n) is 7.80. The van der Waals surface area contributed by atoms with Crippen LogP contribution in [0.2, 0.25) is 0 Å². The average Bonchev–Trinajstić information content (AvgIpc) is 2.08. The molecule has 1 atom stereocenters. The van der Waals surface area contributed by atoms with Gasteiger partial charge < -0.3 is 0 Å². The number of aromatic nitrogens is 1. The third-order valence-corrected chi connectivity index (χ3v) is 3.33. The molecule has 0 saturated carbocycles. The second-order valence-corrected chi connectivity index (χ2v) is 4.57. The van der Waals surface area contributed by atoms with Gasteiger partial charge in [0, 0.05) is 17.4 Å². The van der Waals surface area contributed by atoms with Crippen molar-refractivity contribution in [2.24, 2.45) is 5.92 Å². The number of rotatable bonds is 3. The Labute approximate surface area is 86.5 Å². The van der Waals surface area contributed by atoms with Crippen molar-refractivity contribution in [3.05, 3.63) is 29.8 Å². The molecule has 0 aromatic carbocycles. The fourth-order valence-electron chi connectivity index (χ4n) is 0.989. The van der Waals surface area contributed by atoms with Crippen LogP contribution in [0.1, 0.15) is 19.5 Å². The fraction of sp³-hybridized carbons (Fsp3) is 0.500. The first-order valence-electron chi connectivity index (χ1n) is 4.34. The maximum Gasteiger partial charge on any atom is 0.144 e. The van der Waals surface area contributed by atoms with Crippen molar-refractivity contribution in [2.75, 3.05) is 0 Å². The second kappa shape index (κ2) is 4.70. The minimum atomic E-state index is -0.215. The highest BCUT2D eigenvalue weighted by Gasteiger charge is 2.13. The van der Waals surface area contributed by atoms with E-state index in [1.54, 1.807) is 12.3 Å². The van der Waals surface area contributed by atoms with Crippen LogP contribution in [-0.2, 0) is 6.42 Å². The van der Waals surface area contributed by atoms with E-state index in [4.69, 9.17) is 0 Å². The summed E-state index contributed by atoms with van der Waals surface area (Å²) in [5.41, 5.74) is 0.540. The molecule has 0 aliphatic carbocycles. The minimum absolute atomic E-state index is 0.215. The van der Waals surface area contributed by atoms with Crippen LogP contribution in [0.3, 0.4) is 0 Å². The van der Waals surface area contributed by atoms with Crippen molar-refractivity contribution >= 4 is 15.9 Å². The Bertz CT molecular complexity index is 275. The zero-order valence-corrected chi connectivity index (χ0v) is 9.38. The maximum atomic E-state index is 13.1. The van der Waals surface area contributed by atoms with Gasteiger partial charge in [-0.3, -0.25) is 4.98 Å². The highest BCUT2D eigenvalue weighted by molar-refractivity contribution is 9.09. The van der Waals surface area contributed by atoms with Gasteiger partial charge in [-0.25, -0.2) is 4.39 Å². The molecule has 0 aliphatic heterocycles. The van der Waals surface area contributed by atoms with Gasteiger partial charge in [0.25, 0.3) is 0 Å². The number of halogens is 2. The highest BCUT2D eigenvalue weighted by Crippen LogP contribution is 2.17. The summed E-state index contributed by atoms with van der Waals surface area (Å²) in [6, 6.07) is 3.06. The Morgan fingerprint density at radius 1 is 1.54 bits per heavy atom. The molecule has 1 heterocycles. The molecule has 1 unspecified atom stereocenters. The molecule has 0 aliphatic rings. The van der Waals surface area contributed by atoms with E-state index in [0.717, 1.165) is 0 Å². The van der Waals surface area contributed by atoms with E-state index in [0.29, 0.717) is 18.0 Å². The minimum Gasteiger partial charge on any atom is -0.258 e. The van der Waals surface area contributed by atoms with Crippen LogP contribution in [0.5, 0.6) is 0 Å². The quantitative estimate of drug-likeness (QED) is 0.746. The third-order valence-electron chi connectivity index (χ3n) is 1.95. The molecule has 3 heteroatoms. The second-order valence-electron chi connectivity index (χ2n) is 3.40. The van der Waals surface area contributed by atoms with Gasteiger partial charge in [0.05, 0.1) is 5.69 Å². The summed E-state index contributed by atoms with van der Waals surface area (Å²) in [6.45, 7) is 4.19. The van der Waals surface area contributed by atoms with Crippen molar-refractivity contribution in [3.8, 4) is 0 Å². The Morgan fingerprint density at radius 3 is 2.77 bits per heavy atom. The SMILES string of the molecule is CC(C)C(Br)Cc1ncccc1F. The van der Waals surface area contributed by atoms with Crippen molar-refractivity contribution in [1.82, 2.24) is 4.98 Å². The number of alkyl halides is 1. The molecule has 72 valence electrons. The van der Waals surface area contributed by atoms with Gasteiger partial charge in [-0.2, -0.15) is 0 Å². The molecular weight excluding hydrogens is 233 g/mol. The van der Waals surface area contributed by atoms with Crippen LogP contribution >= 0.6 is 15.9 Å². The van der Waals surface area contributed by atoms with Gasteiger partial charge in [-0.15, -0.1) is 0 Å². The fourth-order valence-corrected chi connectivity index (χ4v) is 1.30. The van der Waals surface area contributed by atoms with E-state index in [-0.39, 0.29) is 10.6 Å². The molecule has 13 heavy (non-hydrogen) atoms. The summed E-state index contributed by atoms with van der Waals surface area (Å²) in [5, 5.41) is 0. The first-order valence-corrected chi connectivity index (χ1v) is 5.26. The monoisotopic (exact) mass is 245 g/mol. The summed E-state index contributed by atoms with van der Waals surface area (Å²) in [4.78, 5) is 4.28. The summed E-state index contributed by atoms with van der Waals surface area (Å²) < 4.78 is 13.1. The van der Waals surface area contributed by atoms with E-state index in [1.165, 1.54) is 6.07 Å². The lowest BCUT2D eigenvalue weighted by Gasteiger charge is -2.12. The Hall–Kier alpha value is -0.440. The summed E-state index contributed by atoms with van der Waals surface area (Å²) in [7, 11) is 0. The molecule has 0 saturated heterocycles. The molecule has 0 N–H and O–H groups in total. The van der Waals surface area contributed by atoms with Crippen molar-refractivity contribution in [1.29, 1.82) is 0 Å². The lowest BCUT2D eigenvalue weighted by Crippen LogP contribution is -2.12. The van der Waals surface area contributed by atoms with Crippen LogP contribution in [0.15, 0.2) is 18.3 Å². The molecule has 0 radical (unpaired) electrons. The van der Waals surface area contributed by atoms with Crippen LogP contribution in [-0.4, -0.2) is 9.81 Å². The standard InChI is InChI=1S/C10H13BrFN/c1-7(2)8(11)6-10-9(12)4-3-5-13-10/h3-5,7-8H,6H2,1-2H3. The summed E-state index contributed by atoms with van der Waals surface area (Å²) in [6.07, 6.45) is 2.27. The smallest absolute Gasteiger partial charge is 0.144 e. The van der Waals surface area contributed by atoms with Crippen LogP contribution < -0.4 is 0 Å². The predicted molar refractivity (Wildman–Crippen MR) is 55.5 cm³/mol. The van der Waals surface area contributed by atoms with Gasteiger partial charge in [0.2, 0.25) is 0 Å². The van der Waals surface area contributed by atoms with Gasteiger partial charge in [-0.1, -0.05) is 29.8 Å². The molecule has 1 nitrogen and oxygen atoms in total. The summed E-state index contributed by atoms with van der Waals surface area (Å²) in [5.74, 6) is 0.272. The van der Waals surface area contributed by atoms with Gasteiger partial charge in [-0.05, 0) is 18.1 Å². The molecule has 0 bridgehead atoms. The van der Waals surface area contributed by atoms with Crippen molar-refractivity contribution in [2.45, 2.75) is 25.1 Å². The first-order chi connectivity index (χ1) is 6.11. The molecule has 0 amide bonds. The van der Waals surface area contributed by atoms with Crippen LogP contribution in [0.4, 0.5) is 4.39 Å². The van der Waals surface area contributed by atoms with Crippen molar-refractivity contribution in [3.63, 3.8) is 0 Å². The van der Waals surface area contributed by atoms with Gasteiger partial charge in [0.15, 0.2) is 0 Å². The largest absolute Gasteiger partial charge is 0.258 e. The highest BCUT2D eigenvalue weighted by atomic mass is 79.9. The summed E-state index contributed by atoms with van der Waals surface area (Å²) >= 11 is 3.51. The van der Waals surface area contributed by atoms with E-state index in [9.17, 15) is 4.39 Å². The van der Waals surface area contributed by atoms with Crippen LogP contribution in [0.25, 0.3) is 0 Å². The molecule has 1 aromatic rings. The molecule has 1 aromatic heterocycles. The topological polar surface area (TPSA) is 12.9 Å². The van der Waals surface area contributed by atoms with E-state index < -0.39 is 0 Å². The molecule has 1 rings (SSSR count). The zero-order chi connectivity index (χ0) is 9.84. The van der Waals surface area contributed by atoms with E-state index in [1.807, 2.05) is 0 Å². The van der Waals surface area contributed by atoms with Gasteiger partial charge in [0.1, 0.15) is 5.82 Å². The third kappa shape index (κ3) is 3.07. The number of nitrogens with zero attached hydrogens (tertiary/aromatic N) is 1. The van der Waals surface area contributed by atoms with Crippen LogP contribution in [0, 0.1) is 11.7 Å². The Kier molecular flexibility index (Phi) is 3.85. The lowest BCUT2D eigenvalue weighted by atomic mass is 10.1. The van der Waals surface area contributed by atoms with E-state index >= 15 is 0 Å². The Balaban J connectivity index is 2.69. The average molecular weight is 246 g/mol. The van der Waals surface area contributed by atoms with Crippen molar-refractivity contribution < 1.29 is 4.39 Å². The van der Waals surface area contributed by atoms with Gasteiger partial charge >= 0.3 is 0 Å². The number of hydrogen-bond donors (Lipinski definition) is 0. The van der Waals surface area contributed by atoms with E-state index in [2.05, 4.69) is 34.8 Å². The Morgan fingerprint density at radius 2 is 2.23 bits per heavy atom. The first kappa shape index (κ1) is 10.6. The number of pyridine rings is 1. The number of hydrogen-bond acceptors (Lipinski definition) is 1. The predicted octanol–water partition coefficient (Wildman–Crippen LogP) is 3.18. The molecular formula is C10H13BrFN. The molecule has 0 spiro atoms. The maximum absolute atomic E-state index is 13.1.